The van der Waals surface area contributed by atoms with Gasteiger partial charge in [0.2, 0.25) is 0 Å². The summed E-state index contributed by atoms with van der Waals surface area (Å²) in [4.78, 5) is 3.66. The number of aryl methyl sites for hydroxylation is 2. The van der Waals surface area contributed by atoms with Gasteiger partial charge in [0.1, 0.15) is 0 Å². The van der Waals surface area contributed by atoms with E-state index in [9.17, 15) is 5.48 Å². The maximum atomic E-state index is 9.37. The first kappa shape index (κ1) is 31.7. The summed E-state index contributed by atoms with van der Waals surface area (Å²) in [5, 5.41) is 7.58. The molecule has 0 atom stereocenters. The highest BCUT2D eigenvalue weighted by atomic mass is 15.2. The molecule has 15 aromatic rings. The summed E-state index contributed by atoms with van der Waals surface area (Å²) in [6.45, 7) is 3.96. The molecule has 0 aliphatic heterocycles. The Kier molecular flexibility index (Phi) is 6.85. The van der Waals surface area contributed by atoms with Crippen LogP contribution in [0.1, 0.15) is 24.8 Å². The molecule has 0 N–H and O–H groups in total. The lowest BCUT2D eigenvalue weighted by Crippen LogP contribution is -2.10. The molecule has 0 saturated heterocycles. The van der Waals surface area contributed by atoms with Gasteiger partial charge in [-0.15, -0.1) is 0 Å². The van der Waals surface area contributed by atoms with Crippen LogP contribution in [0.25, 0.3) is 98.4 Å². The minimum atomic E-state index is -0.461. The van der Waals surface area contributed by atoms with Gasteiger partial charge in [-0.05, 0) is 109 Å². The number of hydrogen-bond donors (Lipinski definition) is 0. The molecule has 4 heterocycles. The van der Waals surface area contributed by atoms with Crippen LogP contribution in [0.4, 0.5) is 34.1 Å². The quantitative estimate of drug-likeness (QED) is 0.151. The second-order valence-electron chi connectivity index (χ2n) is 18.6. The van der Waals surface area contributed by atoms with Crippen molar-refractivity contribution in [2.24, 2.45) is 0 Å². The highest BCUT2D eigenvalue weighted by Crippen LogP contribution is 2.56. The maximum Gasteiger partial charge on any atom is 0.0645 e. The standard InChI is InChI=1S/C68H46N4/c1-43-21-15-31-49(41-43)69(47-27-11-5-12-28-47)55-37-19-39-57-61(55)51-33-17-35-53-63-60(46-25-9-4-10-26-46)68-64(59(45-23-7-3-8-24-45)67(63)71(57)65(51)53)54-36-18-34-52-62-56(38-20-40-58(62)72(68)66(52)54)70(48-29-13-6-14-30-48)50-32-16-22-44(2)42-50/h3-42H,1-2H3/i5D,6D,11D,12D,13D,14D,27D,28D,29D,30D. The Labute approximate surface area is 430 Å². The molecule has 0 aliphatic rings. The average molecular weight is 929 g/mol. The van der Waals surface area contributed by atoms with Crippen molar-refractivity contribution in [3.63, 3.8) is 0 Å². The molecule has 4 heteroatoms. The van der Waals surface area contributed by atoms with E-state index in [1.807, 2.05) is 109 Å². The van der Waals surface area contributed by atoms with Gasteiger partial charge in [0.25, 0.3) is 0 Å². The maximum absolute atomic E-state index is 9.37. The lowest BCUT2D eigenvalue weighted by atomic mass is 9.89. The summed E-state index contributed by atoms with van der Waals surface area (Å²) in [6, 6.07) is 57.7. The molecule has 72 heavy (non-hydrogen) atoms. The van der Waals surface area contributed by atoms with Crippen LogP contribution in [0.2, 0.25) is 0 Å². The van der Waals surface area contributed by atoms with Gasteiger partial charge in [0, 0.05) is 77.0 Å². The van der Waals surface area contributed by atoms with E-state index in [2.05, 4.69) is 106 Å². The largest absolute Gasteiger partial charge is 0.310 e. The second-order valence-corrected chi connectivity index (χ2v) is 18.6. The Bertz CT molecular complexity index is 4830. The van der Waals surface area contributed by atoms with E-state index >= 15 is 0 Å². The highest BCUT2D eigenvalue weighted by Gasteiger charge is 2.32. The summed E-state index contributed by atoms with van der Waals surface area (Å²) in [7, 11) is 0. The van der Waals surface area contributed by atoms with Gasteiger partial charge in [-0.3, -0.25) is 0 Å². The highest BCUT2D eigenvalue weighted by molar-refractivity contribution is 6.39. The summed E-state index contributed by atoms with van der Waals surface area (Å²) >= 11 is 0. The predicted octanol–water partition coefficient (Wildman–Crippen LogP) is 18.9. The molecular weight excluding hydrogens is 873 g/mol. The Morgan fingerprint density at radius 1 is 0.333 bits per heavy atom. The van der Waals surface area contributed by atoms with Crippen LogP contribution in [0.5, 0.6) is 0 Å². The number of benzene rings is 11. The van der Waals surface area contributed by atoms with Gasteiger partial charge >= 0.3 is 0 Å². The van der Waals surface area contributed by atoms with E-state index in [1.54, 1.807) is 0 Å². The molecule has 338 valence electrons. The van der Waals surface area contributed by atoms with Gasteiger partial charge in [-0.25, -0.2) is 0 Å². The topological polar surface area (TPSA) is 15.3 Å². The van der Waals surface area contributed by atoms with Crippen molar-refractivity contribution in [2.75, 3.05) is 9.80 Å². The predicted molar refractivity (Wildman–Crippen MR) is 305 cm³/mol. The third kappa shape index (κ3) is 5.69. The summed E-state index contributed by atoms with van der Waals surface area (Å²) in [5.74, 6) is 0. The summed E-state index contributed by atoms with van der Waals surface area (Å²) < 4.78 is 94.9. The number of anilines is 6. The zero-order valence-corrected chi connectivity index (χ0v) is 39.1. The lowest BCUT2D eigenvalue weighted by molar-refractivity contribution is 1.28. The van der Waals surface area contributed by atoms with Crippen LogP contribution >= 0.6 is 0 Å². The first-order valence-electron chi connectivity index (χ1n) is 29.1. The van der Waals surface area contributed by atoms with Crippen LogP contribution < -0.4 is 9.80 Å². The normalized spacial score (nSPS) is 14.0. The molecule has 0 saturated carbocycles. The fourth-order valence-corrected chi connectivity index (χ4v) is 11.9. The first-order valence-corrected chi connectivity index (χ1v) is 24.1. The lowest BCUT2D eigenvalue weighted by Gasteiger charge is -2.27. The zero-order chi connectivity index (χ0) is 56.3. The SMILES string of the molecule is [2H]c1c([2H])c([2H])c(N(c2cccc(C)c2)c2cccc3c2c2cccc4c5c(-c6ccccc6)c6c(c(-c7ccccc7)c5n3c24)c2cccc3c4c(N(c5cccc(C)c5)c5c([2H])c([2H])c([2H])c([2H])c5[2H])cccc4n6c32)c([2H])c1[2H]. The summed E-state index contributed by atoms with van der Waals surface area (Å²) in [5.41, 5.74) is 14.2. The number of hydrogen-bond acceptors (Lipinski definition) is 2. The van der Waals surface area contributed by atoms with Crippen molar-refractivity contribution >= 4 is 110 Å². The molecule has 0 unspecified atom stereocenters. The fourth-order valence-electron chi connectivity index (χ4n) is 11.9. The molecular formula is C68H46N4. The number of aromatic nitrogens is 2. The molecule has 4 nitrogen and oxygen atoms in total. The number of rotatable bonds is 8. The molecule has 0 aliphatic carbocycles. The minimum absolute atomic E-state index is 0.0495. The van der Waals surface area contributed by atoms with Crippen LogP contribution in [0, 0.1) is 13.8 Å². The first-order chi connectivity index (χ1) is 39.8. The van der Waals surface area contributed by atoms with Gasteiger partial charge in [-0.1, -0.05) is 170 Å². The Hall–Kier alpha value is -9.38. The molecule has 4 aromatic heterocycles. The van der Waals surface area contributed by atoms with E-state index in [1.165, 1.54) is 0 Å². The molecule has 0 amide bonds. The number of nitrogens with zero attached hydrogens (tertiary/aromatic N) is 4. The zero-order valence-electron chi connectivity index (χ0n) is 49.1. The third-order valence-corrected chi connectivity index (χ3v) is 14.6. The van der Waals surface area contributed by atoms with Crippen molar-refractivity contribution in [2.45, 2.75) is 13.8 Å². The Morgan fingerprint density at radius 2 is 0.708 bits per heavy atom. The van der Waals surface area contributed by atoms with E-state index in [0.29, 0.717) is 22.7 Å². The smallest absolute Gasteiger partial charge is 0.0645 e. The van der Waals surface area contributed by atoms with Gasteiger partial charge in [-0.2, -0.15) is 0 Å². The number of para-hydroxylation sites is 4. The monoisotopic (exact) mass is 928 g/mol. The second kappa shape index (κ2) is 15.6. The van der Waals surface area contributed by atoms with Crippen molar-refractivity contribution in [1.29, 1.82) is 0 Å². The average Bonchev–Trinajstić information content (AvgIpc) is 2.80. The van der Waals surface area contributed by atoms with E-state index < -0.39 is 36.3 Å². The molecule has 0 bridgehead atoms. The van der Waals surface area contributed by atoms with Crippen molar-refractivity contribution < 1.29 is 13.7 Å². The van der Waals surface area contributed by atoms with Crippen LogP contribution in [-0.2, 0) is 0 Å². The van der Waals surface area contributed by atoms with Crippen LogP contribution in [0.15, 0.2) is 242 Å². The van der Waals surface area contributed by atoms with E-state index in [-0.39, 0.29) is 35.5 Å². The van der Waals surface area contributed by atoms with E-state index in [4.69, 9.17) is 8.22 Å². The summed E-state index contributed by atoms with van der Waals surface area (Å²) in [6.07, 6.45) is 0. The molecule has 11 aromatic carbocycles. The number of fused-ring (bicyclic) bond motifs is 12. The van der Waals surface area contributed by atoms with Gasteiger partial charge < -0.3 is 18.6 Å². The van der Waals surface area contributed by atoms with Crippen molar-refractivity contribution in [1.82, 2.24) is 8.80 Å². The molecule has 0 spiro atoms. The van der Waals surface area contributed by atoms with E-state index in [0.717, 1.165) is 110 Å². The minimum Gasteiger partial charge on any atom is -0.310 e. The van der Waals surface area contributed by atoms with Crippen molar-refractivity contribution in [3.8, 4) is 22.3 Å². The van der Waals surface area contributed by atoms with Gasteiger partial charge in [0.15, 0.2) is 0 Å². The van der Waals surface area contributed by atoms with Crippen LogP contribution in [0.3, 0.4) is 0 Å². The third-order valence-electron chi connectivity index (χ3n) is 14.6. The fraction of sp³-hybridized carbons (Fsp3) is 0.0294. The van der Waals surface area contributed by atoms with Gasteiger partial charge in [0.05, 0.1) is 58.2 Å². The molecule has 0 radical (unpaired) electrons. The Morgan fingerprint density at radius 3 is 1.11 bits per heavy atom. The van der Waals surface area contributed by atoms with Crippen LogP contribution in [-0.4, -0.2) is 8.80 Å². The Balaban J connectivity index is 1.14. The molecule has 15 rings (SSSR count). The van der Waals surface area contributed by atoms with Crippen molar-refractivity contribution in [3.05, 3.63) is 254 Å². The molecule has 0 fully saturated rings.